The summed E-state index contributed by atoms with van der Waals surface area (Å²) in [5, 5.41) is 10.2. The summed E-state index contributed by atoms with van der Waals surface area (Å²) in [7, 11) is 0. The first kappa shape index (κ1) is 34.8. The highest BCUT2D eigenvalue weighted by Crippen LogP contribution is 2.43. The molecule has 0 saturated carbocycles. The van der Waals surface area contributed by atoms with Gasteiger partial charge in [-0.15, -0.1) is 0 Å². The summed E-state index contributed by atoms with van der Waals surface area (Å²) in [4.78, 5) is 14.2. The van der Waals surface area contributed by atoms with Gasteiger partial charge in [-0.05, 0) is 61.1 Å². The highest BCUT2D eigenvalue weighted by Gasteiger charge is 2.36. The summed E-state index contributed by atoms with van der Waals surface area (Å²) in [6.45, 7) is 12.6. The van der Waals surface area contributed by atoms with Crippen molar-refractivity contribution in [1.82, 2.24) is 4.98 Å². The molecule has 0 spiro atoms. The third-order valence-corrected chi connectivity index (χ3v) is 8.23. The number of carbonyl (C=O) groups excluding carboxylic acids is 1. The number of carbonyl (C=O) groups is 1. The van der Waals surface area contributed by atoms with Gasteiger partial charge in [0.15, 0.2) is 0 Å². The molecule has 1 aromatic heterocycles. The highest BCUT2D eigenvalue weighted by molar-refractivity contribution is 5.83. The minimum absolute atomic E-state index is 0.0264. The van der Waals surface area contributed by atoms with Gasteiger partial charge in [0.05, 0.1) is 6.04 Å². The maximum absolute atomic E-state index is 11.0. The molecule has 0 aliphatic rings. The molecule has 0 saturated heterocycles. The van der Waals surface area contributed by atoms with E-state index in [1.54, 1.807) is 18.2 Å². The van der Waals surface area contributed by atoms with E-state index in [1.165, 1.54) is 63.0 Å². The summed E-state index contributed by atoms with van der Waals surface area (Å²) in [5.74, 6) is 0.902. The largest absolute Gasteiger partial charge is 0.508 e. The Morgan fingerprint density at radius 1 is 0.833 bits per heavy atom. The van der Waals surface area contributed by atoms with E-state index < -0.39 is 6.04 Å². The van der Waals surface area contributed by atoms with Crippen molar-refractivity contribution in [3.05, 3.63) is 102 Å². The molecule has 0 bridgehead atoms. The number of phenolic OH excluding ortho intramolecular Hbond substituents is 1. The normalized spacial score (nSPS) is 12.5. The summed E-state index contributed by atoms with van der Waals surface area (Å²) in [6.07, 6.45) is 9.78. The Bertz CT molecular complexity index is 1260. The molecule has 4 rings (SSSR count). The van der Waals surface area contributed by atoms with E-state index in [0.717, 1.165) is 16.6 Å². The fourth-order valence-corrected chi connectivity index (χ4v) is 5.77. The number of unbranched alkanes of at least 4 members (excludes halogenated alkanes) is 3. The van der Waals surface area contributed by atoms with Crippen LogP contribution in [-0.4, -0.2) is 21.9 Å². The SMILES string of the molecule is CC.CC(=O)[C@@H](N)Cc1cc2cc(O)ccc2[nH]1.CCCCCCC(CCC)C(C)(c1ccccc1)c1ccccc1. The average Bonchev–Trinajstić information content (AvgIpc) is 3.41. The fourth-order valence-electron chi connectivity index (χ4n) is 5.77. The predicted octanol–water partition coefficient (Wildman–Crippen LogP) is 9.74. The zero-order chi connectivity index (χ0) is 31.0. The number of rotatable bonds is 13. The Hall–Kier alpha value is -3.37. The van der Waals surface area contributed by atoms with Gasteiger partial charge in [-0.25, -0.2) is 0 Å². The molecular formula is C38H54N2O2. The number of ketones is 1. The molecule has 4 N–H and O–H groups in total. The number of hydrogen-bond acceptors (Lipinski definition) is 3. The van der Waals surface area contributed by atoms with Crippen molar-refractivity contribution in [3.8, 4) is 5.75 Å². The van der Waals surface area contributed by atoms with E-state index in [-0.39, 0.29) is 16.9 Å². The fraction of sp³-hybridized carbons (Fsp3) is 0.447. The Balaban J connectivity index is 0.000000296. The van der Waals surface area contributed by atoms with Crippen LogP contribution in [0.3, 0.4) is 0 Å². The number of aromatic amines is 1. The zero-order valence-corrected chi connectivity index (χ0v) is 26.8. The molecule has 4 nitrogen and oxygen atoms in total. The lowest BCUT2D eigenvalue weighted by atomic mass is 9.64. The lowest BCUT2D eigenvalue weighted by molar-refractivity contribution is -0.118. The molecular weight excluding hydrogens is 516 g/mol. The number of hydrogen-bond donors (Lipinski definition) is 3. The number of H-pyrrole nitrogens is 1. The van der Waals surface area contributed by atoms with Crippen molar-refractivity contribution in [2.75, 3.05) is 0 Å². The molecule has 4 aromatic rings. The van der Waals surface area contributed by atoms with Gasteiger partial charge in [-0.2, -0.15) is 0 Å². The third-order valence-electron chi connectivity index (χ3n) is 8.23. The molecule has 1 heterocycles. The van der Waals surface area contributed by atoms with Gasteiger partial charge in [0.25, 0.3) is 0 Å². The van der Waals surface area contributed by atoms with Crippen molar-refractivity contribution >= 4 is 16.7 Å². The van der Waals surface area contributed by atoms with Gasteiger partial charge in [-0.1, -0.05) is 127 Å². The topological polar surface area (TPSA) is 79.1 Å². The summed E-state index contributed by atoms with van der Waals surface area (Å²) < 4.78 is 0. The number of Topliss-reactive ketones (excluding diaryl/α,β-unsaturated/α-hetero) is 1. The molecule has 0 amide bonds. The molecule has 42 heavy (non-hydrogen) atoms. The lowest BCUT2D eigenvalue weighted by Crippen LogP contribution is -2.33. The Morgan fingerprint density at radius 3 is 1.95 bits per heavy atom. The van der Waals surface area contributed by atoms with Crippen LogP contribution in [0, 0.1) is 5.92 Å². The number of fused-ring (bicyclic) bond motifs is 1. The number of nitrogens with one attached hydrogen (secondary N) is 1. The van der Waals surface area contributed by atoms with Gasteiger partial charge in [-0.3, -0.25) is 4.79 Å². The second kappa shape index (κ2) is 18.2. The van der Waals surface area contributed by atoms with Crippen molar-refractivity contribution in [1.29, 1.82) is 0 Å². The van der Waals surface area contributed by atoms with Gasteiger partial charge < -0.3 is 15.8 Å². The van der Waals surface area contributed by atoms with Gasteiger partial charge in [0.2, 0.25) is 0 Å². The third kappa shape index (κ3) is 9.87. The van der Waals surface area contributed by atoms with Gasteiger partial charge in [0, 0.05) is 28.4 Å². The maximum atomic E-state index is 11.0. The minimum atomic E-state index is -0.471. The van der Waals surface area contributed by atoms with E-state index in [9.17, 15) is 9.90 Å². The van der Waals surface area contributed by atoms with Crippen LogP contribution >= 0.6 is 0 Å². The van der Waals surface area contributed by atoms with Crippen LogP contribution in [0.4, 0.5) is 0 Å². The second-order valence-electron chi connectivity index (χ2n) is 11.3. The molecule has 0 fully saturated rings. The minimum Gasteiger partial charge on any atom is -0.508 e. The van der Waals surface area contributed by atoms with Crippen LogP contribution in [0.15, 0.2) is 84.9 Å². The van der Waals surface area contributed by atoms with Crippen LogP contribution in [0.5, 0.6) is 5.75 Å². The van der Waals surface area contributed by atoms with Crippen LogP contribution in [0.2, 0.25) is 0 Å². The predicted molar refractivity (Wildman–Crippen MR) is 180 cm³/mol. The molecule has 2 atom stereocenters. The van der Waals surface area contributed by atoms with Gasteiger partial charge >= 0.3 is 0 Å². The number of phenols is 1. The van der Waals surface area contributed by atoms with Crippen molar-refractivity contribution in [3.63, 3.8) is 0 Å². The highest BCUT2D eigenvalue weighted by atomic mass is 16.3. The lowest BCUT2D eigenvalue weighted by Gasteiger charge is -2.39. The molecule has 1 unspecified atom stereocenters. The monoisotopic (exact) mass is 570 g/mol. The van der Waals surface area contributed by atoms with Crippen molar-refractivity contribution < 1.29 is 9.90 Å². The van der Waals surface area contributed by atoms with Crippen LogP contribution in [0.1, 0.15) is 103 Å². The Kier molecular flexibility index (Phi) is 15.1. The molecule has 4 heteroatoms. The quantitative estimate of drug-likeness (QED) is 0.140. The Morgan fingerprint density at radius 2 is 1.43 bits per heavy atom. The first-order valence-electron chi connectivity index (χ1n) is 16.0. The summed E-state index contributed by atoms with van der Waals surface area (Å²) >= 11 is 0. The number of aromatic hydroxyl groups is 1. The van der Waals surface area contributed by atoms with Crippen LogP contribution in [-0.2, 0) is 16.6 Å². The summed E-state index contributed by atoms with van der Waals surface area (Å²) in [6, 6.07) is 28.8. The van der Waals surface area contributed by atoms with Gasteiger partial charge in [0.1, 0.15) is 11.5 Å². The first-order valence-corrected chi connectivity index (χ1v) is 16.0. The van der Waals surface area contributed by atoms with E-state index in [0.29, 0.717) is 12.3 Å². The van der Waals surface area contributed by atoms with E-state index in [4.69, 9.17) is 5.73 Å². The average molecular weight is 571 g/mol. The molecule has 0 aliphatic carbocycles. The van der Waals surface area contributed by atoms with E-state index in [1.807, 2.05) is 19.9 Å². The number of nitrogens with two attached hydrogens (primary N) is 1. The van der Waals surface area contributed by atoms with Crippen molar-refractivity contribution in [2.24, 2.45) is 11.7 Å². The van der Waals surface area contributed by atoms with Crippen molar-refractivity contribution in [2.45, 2.75) is 104 Å². The molecule has 3 aromatic carbocycles. The summed E-state index contributed by atoms with van der Waals surface area (Å²) in [5.41, 5.74) is 10.5. The molecule has 0 aliphatic heterocycles. The van der Waals surface area contributed by atoms with Crippen LogP contribution in [0.25, 0.3) is 10.9 Å². The zero-order valence-electron chi connectivity index (χ0n) is 26.8. The second-order valence-corrected chi connectivity index (χ2v) is 11.3. The molecule has 0 radical (unpaired) electrons. The van der Waals surface area contributed by atoms with Crippen LogP contribution < -0.4 is 5.73 Å². The first-order chi connectivity index (χ1) is 20.3. The maximum Gasteiger partial charge on any atom is 0.146 e. The Labute approximate surface area is 254 Å². The van der Waals surface area contributed by atoms with E-state index in [2.05, 4.69) is 86.4 Å². The van der Waals surface area contributed by atoms with E-state index >= 15 is 0 Å². The molecule has 228 valence electrons. The number of benzene rings is 3. The number of aromatic nitrogens is 1. The smallest absolute Gasteiger partial charge is 0.146 e. The standard InChI is InChI=1S/C24H34.C12H14N2O2.C2H6/c1-4-6-7-10-16-21(15-5-2)24(3,22-17-11-8-12-18-22)23-19-13-9-14-20-23;1-7(15)11(13)6-9-4-8-5-10(16)2-3-12(8)14-9;1-2/h8-9,11-14,17-21H,4-7,10,15-16H2,1-3H3;2-5,11,14,16H,6,13H2,1H3;1-2H3/t;11-;/m.0./s1.